The molecule has 1 aliphatic heterocycles. The Morgan fingerprint density at radius 2 is 2.23 bits per heavy atom. The number of halogens is 1. The van der Waals surface area contributed by atoms with Gasteiger partial charge in [-0.15, -0.1) is 0 Å². The van der Waals surface area contributed by atoms with Crippen LogP contribution in [0.25, 0.3) is 10.9 Å². The summed E-state index contributed by atoms with van der Waals surface area (Å²) in [5.41, 5.74) is 3.76. The van der Waals surface area contributed by atoms with Crippen molar-refractivity contribution >= 4 is 40.4 Å². The Labute approximate surface area is 133 Å². The number of hydrogen-bond donors (Lipinski definition) is 2. The maximum absolute atomic E-state index is 11.0. The third-order valence-electron chi connectivity index (χ3n) is 3.63. The first-order valence-corrected chi connectivity index (χ1v) is 7.46. The van der Waals surface area contributed by atoms with E-state index in [1.165, 1.54) is 0 Å². The molecule has 3 rings (SSSR count). The second-order valence-corrected chi connectivity index (χ2v) is 6.01. The van der Waals surface area contributed by atoms with E-state index in [9.17, 15) is 4.79 Å². The van der Waals surface area contributed by atoms with Crippen LogP contribution >= 0.6 is 11.6 Å². The molecule has 0 radical (unpaired) electrons. The van der Waals surface area contributed by atoms with Gasteiger partial charge in [0.25, 0.3) is 0 Å². The van der Waals surface area contributed by atoms with Crippen molar-refractivity contribution in [3.8, 4) is 0 Å². The Hall–Kier alpha value is -2.21. The highest BCUT2D eigenvalue weighted by Gasteiger charge is 2.22. The van der Waals surface area contributed by atoms with Gasteiger partial charge in [-0.05, 0) is 24.1 Å². The molecule has 2 N–H and O–H groups in total. The van der Waals surface area contributed by atoms with E-state index >= 15 is 0 Å². The van der Waals surface area contributed by atoms with E-state index < -0.39 is 0 Å². The van der Waals surface area contributed by atoms with E-state index in [-0.39, 0.29) is 5.82 Å². The summed E-state index contributed by atoms with van der Waals surface area (Å²) in [7, 11) is 0. The van der Waals surface area contributed by atoms with E-state index in [0.717, 1.165) is 17.6 Å². The largest absolute Gasteiger partial charge is 0.326 e. The molecular formula is C15H16ClN5O. The van der Waals surface area contributed by atoms with Crippen molar-refractivity contribution in [2.75, 3.05) is 5.32 Å². The minimum atomic E-state index is 0.129. The van der Waals surface area contributed by atoms with E-state index in [2.05, 4.69) is 39.7 Å². The maximum Gasteiger partial charge on any atom is 0.195 e. The second-order valence-electron chi connectivity index (χ2n) is 5.58. The van der Waals surface area contributed by atoms with Crippen molar-refractivity contribution in [2.45, 2.75) is 26.3 Å². The quantitative estimate of drug-likeness (QED) is 0.851. The lowest BCUT2D eigenvalue weighted by atomic mass is 10.0. The molecule has 1 aromatic carbocycles. The molecule has 1 unspecified atom stereocenters. The van der Waals surface area contributed by atoms with E-state index in [1.807, 2.05) is 0 Å². The average molecular weight is 318 g/mol. The van der Waals surface area contributed by atoms with E-state index in [4.69, 9.17) is 11.6 Å². The van der Waals surface area contributed by atoms with Gasteiger partial charge in [-0.1, -0.05) is 25.4 Å². The third kappa shape index (κ3) is 2.87. The summed E-state index contributed by atoms with van der Waals surface area (Å²) in [4.78, 5) is 19.4. The predicted octanol–water partition coefficient (Wildman–Crippen LogP) is 2.84. The topological polar surface area (TPSA) is 79.3 Å². The first kappa shape index (κ1) is 14.7. The molecule has 1 atom stereocenters. The van der Waals surface area contributed by atoms with Gasteiger partial charge in [0.05, 0.1) is 11.6 Å². The fraction of sp³-hybridized carbons (Fsp3) is 0.333. The van der Waals surface area contributed by atoms with Crippen molar-refractivity contribution in [3.05, 3.63) is 29.0 Å². The van der Waals surface area contributed by atoms with Crippen molar-refractivity contribution in [1.29, 1.82) is 0 Å². The number of carbonyl (C=O) groups is 1. The van der Waals surface area contributed by atoms with Gasteiger partial charge in [-0.25, -0.2) is 9.97 Å². The van der Waals surface area contributed by atoms with Crippen LogP contribution in [-0.2, 0) is 0 Å². The van der Waals surface area contributed by atoms with Crippen molar-refractivity contribution in [1.82, 2.24) is 15.4 Å². The monoisotopic (exact) mass is 317 g/mol. The number of rotatable bonds is 3. The highest BCUT2D eigenvalue weighted by Crippen LogP contribution is 2.25. The first-order valence-electron chi connectivity index (χ1n) is 7.08. The van der Waals surface area contributed by atoms with Crippen LogP contribution in [0.2, 0.25) is 5.02 Å². The smallest absolute Gasteiger partial charge is 0.195 e. The Morgan fingerprint density at radius 3 is 2.91 bits per heavy atom. The molecule has 2 heterocycles. The molecule has 0 spiro atoms. The van der Waals surface area contributed by atoms with Crippen LogP contribution in [0.4, 0.5) is 5.82 Å². The Bertz CT molecular complexity index is 759. The average Bonchev–Trinajstić information content (AvgIpc) is 2.96. The molecule has 1 aliphatic rings. The maximum atomic E-state index is 11.0. The minimum absolute atomic E-state index is 0.129. The SMILES string of the molecule is CC(C)C1CC(Nc2nc(C=O)nc3ccc(Cl)cc23)=NN1. The molecular weight excluding hydrogens is 302 g/mol. The number of nitrogens with one attached hydrogen (secondary N) is 2. The number of fused-ring (bicyclic) bond motifs is 1. The molecule has 1 aromatic heterocycles. The highest BCUT2D eigenvalue weighted by atomic mass is 35.5. The molecule has 0 saturated heterocycles. The van der Waals surface area contributed by atoms with Crippen LogP contribution in [-0.4, -0.2) is 28.1 Å². The summed E-state index contributed by atoms with van der Waals surface area (Å²) in [5, 5.41) is 8.83. The van der Waals surface area contributed by atoms with Crippen LogP contribution in [0.1, 0.15) is 30.9 Å². The number of aromatic nitrogens is 2. The summed E-state index contributed by atoms with van der Waals surface area (Å²) in [6.07, 6.45) is 1.41. The summed E-state index contributed by atoms with van der Waals surface area (Å²) in [5.74, 6) is 1.93. The minimum Gasteiger partial charge on any atom is -0.326 e. The lowest BCUT2D eigenvalue weighted by Crippen LogP contribution is -2.26. The summed E-state index contributed by atoms with van der Waals surface area (Å²) in [6, 6.07) is 5.57. The van der Waals surface area contributed by atoms with E-state index in [0.29, 0.717) is 34.6 Å². The lowest BCUT2D eigenvalue weighted by Gasteiger charge is -2.13. The van der Waals surface area contributed by atoms with Gasteiger partial charge in [-0.3, -0.25) is 4.79 Å². The van der Waals surface area contributed by atoms with Crippen molar-refractivity contribution in [3.63, 3.8) is 0 Å². The number of hydrogen-bond acceptors (Lipinski definition) is 6. The van der Waals surface area contributed by atoms with Gasteiger partial charge in [0.1, 0.15) is 11.7 Å². The Kier molecular flexibility index (Phi) is 3.94. The van der Waals surface area contributed by atoms with Crippen molar-refractivity contribution in [2.24, 2.45) is 11.0 Å². The van der Waals surface area contributed by atoms with Crippen LogP contribution in [0.3, 0.4) is 0 Å². The fourth-order valence-electron chi connectivity index (χ4n) is 2.33. The molecule has 0 saturated carbocycles. The van der Waals surface area contributed by atoms with Gasteiger partial charge in [0, 0.05) is 16.8 Å². The summed E-state index contributed by atoms with van der Waals surface area (Å²) in [6.45, 7) is 4.28. The number of benzene rings is 1. The first-order chi connectivity index (χ1) is 10.6. The number of amidine groups is 1. The molecule has 0 amide bonds. The molecule has 7 heteroatoms. The van der Waals surface area contributed by atoms with Gasteiger partial charge < -0.3 is 10.7 Å². The summed E-state index contributed by atoms with van der Waals surface area (Å²) >= 11 is 6.05. The Balaban J connectivity index is 1.96. The van der Waals surface area contributed by atoms with E-state index in [1.54, 1.807) is 18.2 Å². The third-order valence-corrected chi connectivity index (χ3v) is 3.86. The number of carbonyl (C=O) groups excluding carboxylic acids is 1. The summed E-state index contributed by atoms with van der Waals surface area (Å²) < 4.78 is 0. The van der Waals surface area contributed by atoms with Crippen LogP contribution < -0.4 is 10.7 Å². The molecule has 6 nitrogen and oxygen atoms in total. The van der Waals surface area contributed by atoms with Gasteiger partial charge in [0.15, 0.2) is 12.1 Å². The zero-order valence-electron chi connectivity index (χ0n) is 12.3. The van der Waals surface area contributed by atoms with Crippen LogP contribution in [0, 0.1) is 5.92 Å². The standard InChI is InChI=1S/C15H16ClN5O/c1-8(2)12-6-13(21-20-12)18-15-10-5-9(16)3-4-11(10)17-14(7-22)19-15/h3-5,7-8,12,20H,6H2,1-2H3,(H,17,18,19,21). The second kappa shape index (κ2) is 5.88. The number of nitrogens with zero attached hydrogens (tertiary/aromatic N) is 3. The number of aldehydes is 1. The molecule has 2 aromatic rings. The van der Waals surface area contributed by atoms with Gasteiger partial charge in [0.2, 0.25) is 0 Å². The Morgan fingerprint density at radius 1 is 1.41 bits per heavy atom. The fourth-order valence-corrected chi connectivity index (χ4v) is 2.50. The number of anilines is 1. The van der Waals surface area contributed by atoms with Crippen LogP contribution in [0.15, 0.2) is 23.3 Å². The normalized spacial score (nSPS) is 17.5. The highest BCUT2D eigenvalue weighted by molar-refractivity contribution is 6.31. The van der Waals surface area contributed by atoms with Crippen LogP contribution in [0.5, 0.6) is 0 Å². The number of hydrazone groups is 1. The van der Waals surface area contributed by atoms with Gasteiger partial charge in [-0.2, -0.15) is 5.10 Å². The predicted molar refractivity (Wildman–Crippen MR) is 87.4 cm³/mol. The molecule has 0 aliphatic carbocycles. The zero-order valence-corrected chi connectivity index (χ0v) is 13.1. The molecule has 0 fully saturated rings. The molecule has 22 heavy (non-hydrogen) atoms. The lowest BCUT2D eigenvalue weighted by molar-refractivity contribution is 0.111. The molecule has 114 valence electrons. The van der Waals surface area contributed by atoms with Gasteiger partial charge >= 0.3 is 0 Å². The zero-order chi connectivity index (χ0) is 15.7. The molecule has 0 bridgehead atoms. The van der Waals surface area contributed by atoms with Crippen molar-refractivity contribution < 1.29 is 4.79 Å².